The molecule has 1 N–H and O–H groups in total. The molecule has 0 bridgehead atoms. The van der Waals surface area contributed by atoms with Crippen LogP contribution in [0.4, 0.5) is 10.1 Å². The highest BCUT2D eigenvalue weighted by molar-refractivity contribution is 6.31. The molecule has 2 unspecified atom stereocenters. The van der Waals surface area contributed by atoms with Gasteiger partial charge in [-0.2, -0.15) is 0 Å². The molecule has 1 spiro atoms. The van der Waals surface area contributed by atoms with Gasteiger partial charge in [0.2, 0.25) is 0 Å². The van der Waals surface area contributed by atoms with Crippen LogP contribution in [-0.4, -0.2) is 31.5 Å². The van der Waals surface area contributed by atoms with E-state index >= 15 is 0 Å². The van der Waals surface area contributed by atoms with E-state index in [0.717, 1.165) is 38.2 Å². The summed E-state index contributed by atoms with van der Waals surface area (Å²) < 4.78 is 24.5. The van der Waals surface area contributed by atoms with Gasteiger partial charge in [-0.1, -0.05) is 11.6 Å². The van der Waals surface area contributed by atoms with Crippen molar-refractivity contribution in [3.8, 4) is 0 Å². The van der Waals surface area contributed by atoms with Crippen LogP contribution >= 0.6 is 11.6 Å². The van der Waals surface area contributed by atoms with Gasteiger partial charge in [0, 0.05) is 31.4 Å². The first-order valence-electron chi connectivity index (χ1n) is 6.60. The maximum absolute atomic E-state index is 13.1. The lowest BCUT2D eigenvalue weighted by molar-refractivity contribution is -0.0828. The van der Waals surface area contributed by atoms with Crippen LogP contribution in [0, 0.1) is 5.82 Å². The second kappa shape index (κ2) is 5.27. The van der Waals surface area contributed by atoms with Crippen molar-refractivity contribution in [1.82, 2.24) is 0 Å². The molecule has 0 radical (unpaired) electrons. The molecule has 2 atom stereocenters. The fraction of sp³-hybridized carbons (Fsp3) is 0.571. The van der Waals surface area contributed by atoms with Crippen LogP contribution in [0.3, 0.4) is 0 Å². The van der Waals surface area contributed by atoms with E-state index in [1.807, 2.05) is 0 Å². The fourth-order valence-electron chi connectivity index (χ4n) is 2.84. The van der Waals surface area contributed by atoms with Crippen LogP contribution in [-0.2, 0) is 9.47 Å². The zero-order valence-corrected chi connectivity index (χ0v) is 11.4. The van der Waals surface area contributed by atoms with Gasteiger partial charge in [0.05, 0.1) is 17.2 Å². The predicted octanol–water partition coefficient (Wildman–Crippen LogP) is 3.23. The third-order valence-corrected chi connectivity index (χ3v) is 4.14. The van der Waals surface area contributed by atoms with Crippen molar-refractivity contribution >= 4 is 17.3 Å². The summed E-state index contributed by atoms with van der Waals surface area (Å²) >= 11 is 5.79. The molecule has 0 aliphatic carbocycles. The highest BCUT2D eigenvalue weighted by Gasteiger charge is 2.40. The van der Waals surface area contributed by atoms with Gasteiger partial charge >= 0.3 is 0 Å². The van der Waals surface area contributed by atoms with Gasteiger partial charge < -0.3 is 14.8 Å². The Morgan fingerprint density at radius 1 is 1.37 bits per heavy atom. The summed E-state index contributed by atoms with van der Waals surface area (Å²) in [6.45, 7) is 2.18. The summed E-state index contributed by atoms with van der Waals surface area (Å²) in [6.07, 6.45) is 2.81. The van der Waals surface area contributed by atoms with Gasteiger partial charge in [-0.25, -0.2) is 4.39 Å². The van der Waals surface area contributed by atoms with Crippen molar-refractivity contribution < 1.29 is 13.9 Å². The lowest BCUT2D eigenvalue weighted by atomic mass is 9.89. The van der Waals surface area contributed by atoms with Crippen molar-refractivity contribution in [2.45, 2.75) is 30.9 Å². The van der Waals surface area contributed by atoms with Gasteiger partial charge in [-0.15, -0.1) is 0 Å². The molecule has 1 aromatic carbocycles. The summed E-state index contributed by atoms with van der Waals surface area (Å²) in [5.41, 5.74) is 0.729. The molecule has 2 saturated heterocycles. The van der Waals surface area contributed by atoms with Crippen molar-refractivity contribution in [1.29, 1.82) is 0 Å². The number of halogens is 2. The van der Waals surface area contributed by atoms with E-state index in [1.54, 1.807) is 12.1 Å². The largest absolute Gasteiger partial charge is 0.382 e. The van der Waals surface area contributed by atoms with Crippen molar-refractivity contribution in [2.24, 2.45) is 0 Å². The second-order valence-corrected chi connectivity index (χ2v) is 5.70. The van der Waals surface area contributed by atoms with Gasteiger partial charge in [-0.05, 0) is 31.0 Å². The lowest BCUT2D eigenvalue weighted by Gasteiger charge is -2.37. The topological polar surface area (TPSA) is 30.5 Å². The van der Waals surface area contributed by atoms with E-state index in [4.69, 9.17) is 21.1 Å². The van der Waals surface area contributed by atoms with Crippen LogP contribution in [0.5, 0.6) is 0 Å². The SMILES string of the molecule is Fc1ccc(NC2CCOC3(CCOC3)C2)cc1Cl. The molecule has 0 amide bonds. The Bertz CT molecular complexity index is 463. The normalized spacial score (nSPS) is 30.7. The van der Waals surface area contributed by atoms with E-state index in [-0.39, 0.29) is 16.4 Å². The third kappa shape index (κ3) is 2.86. The number of hydrogen-bond donors (Lipinski definition) is 1. The van der Waals surface area contributed by atoms with Crippen LogP contribution in [0.1, 0.15) is 19.3 Å². The molecule has 0 aromatic heterocycles. The summed E-state index contributed by atoms with van der Waals surface area (Å²) in [6, 6.07) is 5.05. The maximum atomic E-state index is 13.1. The van der Waals surface area contributed by atoms with Crippen LogP contribution < -0.4 is 5.32 Å². The number of rotatable bonds is 2. The molecule has 1 aromatic rings. The van der Waals surface area contributed by atoms with Gasteiger partial charge in [0.15, 0.2) is 0 Å². The Morgan fingerprint density at radius 3 is 3.00 bits per heavy atom. The molecule has 2 aliphatic heterocycles. The summed E-state index contributed by atoms with van der Waals surface area (Å²) in [5.74, 6) is -0.389. The minimum absolute atomic E-state index is 0.125. The predicted molar refractivity (Wildman–Crippen MR) is 72.2 cm³/mol. The molecule has 5 heteroatoms. The average molecular weight is 286 g/mol. The average Bonchev–Trinajstić information content (AvgIpc) is 2.82. The molecule has 19 heavy (non-hydrogen) atoms. The lowest BCUT2D eigenvalue weighted by Crippen LogP contribution is -2.44. The van der Waals surface area contributed by atoms with E-state index < -0.39 is 0 Å². The minimum atomic E-state index is -0.389. The number of anilines is 1. The second-order valence-electron chi connectivity index (χ2n) is 5.30. The zero-order valence-electron chi connectivity index (χ0n) is 10.6. The number of ether oxygens (including phenoxy) is 2. The zero-order chi connectivity index (χ0) is 13.3. The monoisotopic (exact) mass is 285 g/mol. The first kappa shape index (κ1) is 13.2. The van der Waals surface area contributed by atoms with Crippen molar-refractivity contribution in [3.63, 3.8) is 0 Å². The summed E-state index contributed by atoms with van der Waals surface area (Å²) in [7, 11) is 0. The van der Waals surface area contributed by atoms with Gasteiger partial charge in [0.25, 0.3) is 0 Å². The quantitative estimate of drug-likeness (QED) is 0.905. The van der Waals surface area contributed by atoms with Crippen molar-refractivity contribution in [2.75, 3.05) is 25.1 Å². The van der Waals surface area contributed by atoms with Crippen LogP contribution in [0.25, 0.3) is 0 Å². The highest BCUT2D eigenvalue weighted by atomic mass is 35.5. The Labute approximate surface area is 117 Å². The van der Waals surface area contributed by atoms with Crippen LogP contribution in [0.15, 0.2) is 18.2 Å². The molecule has 3 nitrogen and oxygen atoms in total. The van der Waals surface area contributed by atoms with Gasteiger partial charge in [-0.3, -0.25) is 0 Å². The summed E-state index contributed by atoms with van der Waals surface area (Å²) in [5, 5.41) is 3.56. The Hall–Kier alpha value is -0.840. The van der Waals surface area contributed by atoms with E-state index in [0.29, 0.717) is 12.6 Å². The standard InChI is InChI=1S/C14H17ClFNO2/c15-12-7-10(1-2-13(12)16)17-11-3-5-19-14(8-11)4-6-18-9-14/h1-2,7,11,17H,3-6,8-9H2. The first-order valence-corrected chi connectivity index (χ1v) is 6.98. The Kier molecular flexibility index (Phi) is 3.65. The van der Waals surface area contributed by atoms with E-state index in [1.165, 1.54) is 6.07 Å². The molecule has 2 fully saturated rings. The molecule has 0 saturated carbocycles. The number of benzene rings is 1. The Balaban J connectivity index is 1.67. The molecule has 3 rings (SSSR count). The fourth-order valence-corrected chi connectivity index (χ4v) is 3.02. The molecule has 2 heterocycles. The minimum Gasteiger partial charge on any atom is -0.382 e. The molecule has 104 valence electrons. The van der Waals surface area contributed by atoms with E-state index in [9.17, 15) is 4.39 Å². The van der Waals surface area contributed by atoms with Crippen LogP contribution in [0.2, 0.25) is 5.02 Å². The smallest absolute Gasteiger partial charge is 0.141 e. The molecular weight excluding hydrogens is 269 g/mol. The molecule has 2 aliphatic rings. The van der Waals surface area contributed by atoms with E-state index in [2.05, 4.69) is 5.32 Å². The Morgan fingerprint density at radius 2 is 2.26 bits per heavy atom. The van der Waals surface area contributed by atoms with Gasteiger partial charge in [0.1, 0.15) is 5.82 Å². The number of nitrogens with one attached hydrogen (secondary N) is 1. The maximum Gasteiger partial charge on any atom is 0.141 e. The first-order chi connectivity index (χ1) is 9.17. The highest BCUT2D eigenvalue weighted by Crippen LogP contribution is 2.34. The molecular formula is C14H17ClFNO2. The summed E-state index contributed by atoms with van der Waals surface area (Å²) in [4.78, 5) is 0. The number of hydrogen-bond acceptors (Lipinski definition) is 3. The van der Waals surface area contributed by atoms with Crippen molar-refractivity contribution in [3.05, 3.63) is 29.0 Å². The third-order valence-electron chi connectivity index (χ3n) is 3.85.